The van der Waals surface area contributed by atoms with E-state index in [1.165, 1.54) is 7.11 Å². The molecule has 8 heteroatoms. The van der Waals surface area contributed by atoms with Crippen molar-refractivity contribution in [2.45, 2.75) is 31.5 Å². The second kappa shape index (κ2) is 6.92. The summed E-state index contributed by atoms with van der Waals surface area (Å²) in [6, 6.07) is 0. The van der Waals surface area contributed by atoms with Crippen LogP contribution < -0.4 is 5.73 Å². The minimum Gasteiger partial charge on any atom is -0.491 e. The minimum absolute atomic E-state index is 0.0676. The molecule has 0 amide bonds. The number of hydrogen-bond acceptors (Lipinski definition) is 7. The molecule has 1 saturated heterocycles. The zero-order valence-corrected chi connectivity index (χ0v) is 15.6. The van der Waals surface area contributed by atoms with Crippen LogP contribution in [0.2, 0.25) is 0 Å². The first-order valence-electron chi connectivity index (χ1n) is 7.81. The van der Waals surface area contributed by atoms with Crippen LogP contribution in [-0.4, -0.2) is 78.4 Å². The summed E-state index contributed by atoms with van der Waals surface area (Å²) in [5.74, 6) is 0.954. The average molecular weight is 357 g/mol. The van der Waals surface area contributed by atoms with Gasteiger partial charge in [-0.05, 0) is 25.4 Å². The van der Waals surface area contributed by atoms with Crippen molar-refractivity contribution in [1.82, 2.24) is 4.90 Å². The summed E-state index contributed by atoms with van der Waals surface area (Å²) in [7, 11) is 1.48. The molecule has 0 aromatic heterocycles. The molecule has 0 aliphatic carbocycles. The fourth-order valence-electron chi connectivity index (χ4n) is 3.17. The maximum atomic E-state index is 10.5. The minimum atomic E-state index is -1.28. The van der Waals surface area contributed by atoms with E-state index < -0.39 is 31.4 Å². The van der Waals surface area contributed by atoms with Crippen molar-refractivity contribution in [3.8, 4) is 0 Å². The SMILES string of the molecule is C=C1N=C(N)C(OC)=CN1[C@@H]1O[C@H](C(C)CP(=C)(C)C)[C@@H](O)[C@H]1O. The summed E-state index contributed by atoms with van der Waals surface area (Å²) in [5, 5.41) is 20.9. The number of aliphatic imine (C=N–C) groups is 1. The molecule has 0 radical (unpaired) electrons. The van der Waals surface area contributed by atoms with Gasteiger partial charge in [0.15, 0.2) is 17.8 Å². The average Bonchev–Trinajstić information content (AvgIpc) is 2.74. The summed E-state index contributed by atoms with van der Waals surface area (Å²) in [5.41, 5.74) is 5.76. The van der Waals surface area contributed by atoms with Crippen LogP contribution in [0.25, 0.3) is 0 Å². The molecule has 0 aromatic rings. The van der Waals surface area contributed by atoms with Crippen molar-refractivity contribution in [1.29, 1.82) is 0 Å². The maximum absolute atomic E-state index is 10.5. The fraction of sp³-hybridized carbons (Fsp3) is 0.625. The van der Waals surface area contributed by atoms with Gasteiger partial charge in [-0.15, -0.1) is 13.2 Å². The monoisotopic (exact) mass is 357 g/mol. The van der Waals surface area contributed by atoms with Gasteiger partial charge in [-0.1, -0.05) is 13.5 Å². The molecule has 0 aromatic carbocycles. The van der Waals surface area contributed by atoms with Crippen LogP contribution >= 0.6 is 6.89 Å². The molecule has 136 valence electrons. The fourth-order valence-corrected chi connectivity index (χ4v) is 4.93. The molecule has 2 aliphatic rings. The zero-order valence-electron chi connectivity index (χ0n) is 14.7. The summed E-state index contributed by atoms with van der Waals surface area (Å²) in [6.07, 6.45) is 3.28. The van der Waals surface area contributed by atoms with Crippen molar-refractivity contribution >= 4 is 19.0 Å². The number of aliphatic hydroxyl groups is 2. The summed E-state index contributed by atoms with van der Waals surface area (Å²) in [4.78, 5) is 5.65. The van der Waals surface area contributed by atoms with E-state index in [2.05, 4.69) is 31.2 Å². The van der Waals surface area contributed by atoms with Gasteiger partial charge >= 0.3 is 0 Å². The predicted molar refractivity (Wildman–Crippen MR) is 98.3 cm³/mol. The topological polar surface area (TPSA) is 101 Å². The maximum Gasteiger partial charge on any atom is 0.177 e. The largest absolute Gasteiger partial charge is 0.491 e. The lowest BCUT2D eigenvalue weighted by Crippen LogP contribution is -2.43. The predicted octanol–water partition coefficient (Wildman–Crippen LogP) is 0.410. The third-order valence-electron chi connectivity index (χ3n) is 4.17. The molecule has 5 atom stereocenters. The number of amidine groups is 1. The van der Waals surface area contributed by atoms with Gasteiger partial charge in [-0.25, -0.2) is 4.99 Å². The Labute approximate surface area is 143 Å². The van der Waals surface area contributed by atoms with Crippen molar-refractivity contribution in [3.63, 3.8) is 0 Å². The van der Waals surface area contributed by atoms with Crippen molar-refractivity contribution in [3.05, 3.63) is 24.4 Å². The molecule has 2 rings (SSSR count). The zero-order chi connectivity index (χ0) is 18.2. The molecular weight excluding hydrogens is 329 g/mol. The Kier molecular flexibility index (Phi) is 5.50. The van der Waals surface area contributed by atoms with E-state index >= 15 is 0 Å². The quantitative estimate of drug-likeness (QED) is 0.616. The molecular formula is C16H28N3O4P. The molecule has 1 fully saturated rings. The van der Waals surface area contributed by atoms with E-state index in [0.717, 1.165) is 6.16 Å². The highest BCUT2D eigenvalue weighted by atomic mass is 31.2. The Morgan fingerprint density at radius 3 is 2.62 bits per heavy atom. The van der Waals surface area contributed by atoms with Crippen molar-refractivity contribution in [2.24, 2.45) is 16.6 Å². The van der Waals surface area contributed by atoms with Crippen LogP contribution in [0.3, 0.4) is 0 Å². The molecule has 0 spiro atoms. The Morgan fingerprint density at radius 1 is 1.46 bits per heavy atom. The van der Waals surface area contributed by atoms with Crippen LogP contribution in [0.5, 0.6) is 0 Å². The van der Waals surface area contributed by atoms with Gasteiger partial charge in [0.25, 0.3) is 0 Å². The van der Waals surface area contributed by atoms with Crippen LogP contribution in [0.1, 0.15) is 6.92 Å². The van der Waals surface area contributed by atoms with Crippen molar-refractivity contribution in [2.75, 3.05) is 26.6 Å². The number of ether oxygens (including phenoxy) is 2. The highest BCUT2D eigenvalue weighted by molar-refractivity contribution is 7.72. The van der Waals surface area contributed by atoms with E-state index in [4.69, 9.17) is 15.2 Å². The third kappa shape index (κ3) is 3.86. The first-order chi connectivity index (χ1) is 11.0. The van der Waals surface area contributed by atoms with Gasteiger partial charge in [0.2, 0.25) is 0 Å². The van der Waals surface area contributed by atoms with E-state index in [9.17, 15) is 10.2 Å². The first kappa shape index (κ1) is 19.1. The second-order valence-electron chi connectivity index (χ2n) is 7.09. The number of nitrogens with two attached hydrogens (primary N) is 1. The van der Waals surface area contributed by atoms with E-state index in [1.54, 1.807) is 11.1 Å². The van der Waals surface area contributed by atoms with Gasteiger partial charge in [0.05, 0.1) is 19.4 Å². The van der Waals surface area contributed by atoms with Crippen molar-refractivity contribution < 1.29 is 19.7 Å². The Morgan fingerprint density at radius 2 is 2.08 bits per heavy atom. The Balaban J connectivity index is 2.19. The lowest BCUT2D eigenvalue weighted by Gasteiger charge is -2.32. The number of aliphatic hydroxyl groups excluding tert-OH is 2. The molecule has 2 heterocycles. The Bertz CT molecular complexity index is 612. The molecule has 1 unspecified atom stereocenters. The van der Waals surface area contributed by atoms with Gasteiger partial charge in [-0.3, -0.25) is 0 Å². The standard InChI is InChI=1S/C16H28N3O4P/c1-9(8-24(4,5)6)14-12(20)13(21)16(23-14)19-7-11(22-3)15(17)18-10(19)2/h7,9,12-14,16,20-21H,2,4,8H2,1,3,5-6H3,(H2,17,18)/t9?,12-,13+,14+,16+/m0/s1. The molecule has 4 N–H and O–H groups in total. The van der Waals surface area contributed by atoms with Crippen LogP contribution in [0.15, 0.2) is 29.4 Å². The highest BCUT2D eigenvalue weighted by Crippen LogP contribution is 2.41. The lowest BCUT2D eigenvalue weighted by molar-refractivity contribution is -0.0690. The molecule has 24 heavy (non-hydrogen) atoms. The van der Waals surface area contributed by atoms with Gasteiger partial charge in [0, 0.05) is 0 Å². The highest BCUT2D eigenvalue weighted by Gasteiger charge is 2.48. The summed E-state index contributed by atoms with van der Waals surface area (Å²) >= 11 is 0. The smallest absolute Gasteiger partial charge is 0.177 e. The van der Waals surface area contributed by atoms with E-state index in [1.807, 2.05) is 6.92 Å². The molecule has 0 bridgehead atoms. The van der Waals surface area contributed by atoms with E-state index in [0.29, 0.717) is 11.6 Å². The second-order valence-corrected chi connectivity index (χ2v) is 11.3. The van der Waals surface area contributed by atoms with Crippen LogP contribution in [0, 0.1) is 5.92 Å². The normalized spacial score (nSPS) is 32.4. The van der Waals surface area contributed by atoms with E-state index in [-0.39, 0.29) is 11.8 Å². The molecule has 0 saturated carbocycles. The number of methoxy groups -OCH3 is 1. The summed E-state index contributed by atoms with van der Waals surface area (Å²) in [6.45, 7) is 8.83. The molecule has 7 nitrogen and oxygen atoms in total. The first-order valence-corrected chi connectivity index (χ1v) is 10.9. The van der Waals surface area contributed by atoms with Crippen LogP contribution in [0.4, 0.5) is 0 Å². The number of nitrogens with zero attached hydrogens (tertiary/aromatic N) is 2. The molecule has 2 aliphatic heterocycles. The van der Waals surface area contributed by atoms with Gasteiger partial charge < -0.3 is 30.3 Å². The third-order valence-corrected chi connectivity index (χ3v) is 5.73. The lowest BCUT2D eigenvalue weighted by atomic mass is 10.00. The van der Waals surface area contributed by atoms with Gasteiger partial charge in [0.1, 0.15) is 18.0 Å². The number of hydrogen-bond donors (Lipinski definition) is 3. The van der Waals surface area contributed by atoms with Crippen LogP contribution in [-0.2, 0) is 9.47 Å². The summed E-state index contributed by atoms with van der Waals surface area (Å²) < 4.78 is 11.1. The number of rotatable bonds is 5. The Hall–Kier alpha value is -1.27. The van der Waals surface area contributed by atoms with Gasteiger partial charge in [-0.2, -0.15) is 0 Å².